The van der Waals surface area contributed by atoms with Gasteiger partial charge in [0.05, 0.1) is 37.1 Å². The van der Waals surface area contributed by atoms with Crippen molar-refractivity contribution in [1.82, 2.24) is 29.3 Å². The molecule has 0 aliphatic carbocycles. The zero-order chi connectivity index (χ0) is 19.5. The van der Waals surface area contributed by atoms with Crippen LogP contribution in [0.2, 0.25) is 0 Å². The van der Waals surface area contributed by atoms with Crippen LogP contribution in [-0.2, 0) is 7.05 Å². The van der Waals surface area contributed by atoms with Crippen LogP contribution >= 0.6 is 0 Å². The predicted octanol–water partition coefficient (Wildman–Crippen LogP) is 3.75. The van der Waals surface area contributed by atoms with Gasteiger partial charge in [0.2, 0.25) is 0 Å². The summed E-state index contributed by atoms with van der Waals surface area (Å²) in [6.07, 6.45) is 10.3. The Hall–Kier alpha value is -3.48. The molecule has 0 saturated carbocycles. The summed E-state index contributed by atoms with van der Waals surface area (Å²) in [6, 6.07) is 10.6. The Bertz CT molecular complexity index is 1050. The largest absolute Gasteiger partial charge is 0.467 e. The van der Waals surface area contributed by atoms with Crippen LogP contribution in [0.15, 0.2) is 61.4 Å². The molecule has 3 aromatic heterocycles. The smallest absolute Gasteiger partial charge is 0.316 e. The van der Waals surface area contributed by atoms with E-state index in [1.54, 1.807) is 19.5 Å². The number of aryl methyl sites for hydroxylation is 1. The van der Waals surface area contributed by atoms with Gasteiger partial charge in [-0.1, -0.05) is 37.3 Å². The van der Waals surface area contributed by atoms with E-state index in [0.29, 0.717) is 6.01 Å². The van der Waals surface area contributed by atoms with Crippen molar-refractivity contribution in [2.24, 2.45) is 7.05 Å². The first-order chi connectivity index (χ1) is 13.7. The third-order valence-corrected chi connectivity index (χ3v) is 4.76. The average Bonchev–Trinajstić information content (AvgIpc) is 3.36. The van der Waals surface area contributed by atoms with Crippen LogP contribution in [0.3, 0.4) is 0 Å². The molecule has 0 N–H and O–H groups in total. The highest BCUT2D eigenvalue weighted by atomic mass is 16.5. The molecular formula is C21H22N6O. The van der Waals surface area contributed by atoms with Crippen molar-refractivity contribution in [2.45, 2.75) is 19.4 Å². The minimum absolute atomic E-state index is 0.107. The Morgan fingerprint density at radius 3 is 2.36 bits per heavy atom. The maximum Gasteiger partial charge on any atom is 0.316 e. The van der Waals surface area contributed by atoms with Gasteiger partial charge in [-0.2, -0.15) is 5.10 Å². The summed E-state index contributed by atoms with van der Waals surface area (Å²) in [5.74, 6) is 0. The van der Waals surface area contributed by atoms with Crippen LogP contribution < -0.4 is 4.74 Å². The van der Waals surface area contributed by atoms with E-state index in [1.807, 2.05) is 48.6 Å². The third-order valence-electron chi connectivity index (χ3n) is 4.76. The molecule has 0 amide bonds. The quantitative estimate of drug-likeness (QED) is 0.514. The van der Waals surface area contributed by atoms with Gasteiger partial charge in [0.1, 0.15) is 0 Å². The second-order valence-electron chi connectivity index (χ2n) is 6.54. The van der Waals surface area contributed by atoms with Crippen molar-refractivity contribution in [3.05, 3.63) is 67.0 Å². The van der Waals surface area contributed by atoms with E-state index in [1.165, 1.54) is 0 Å². The summed E-state index contributed by atoms with van der Waals surface area (Å²) < 4.78 is 9.12. The van der Waals surface area contributed by atoms with Gasteiger partial charge in [-0.25, -0.2) is 15.0 Å². The van der Waals surface area contributed by atoms with Crippen molar-refractivity contribution < 1.29 is 4.74 Å². The Morgan fingerprint density at radius 2 is 1.75 bits per heavy atom. The molecule has 0 spiro atoms. The number of rotatable bonds is 6. The summed E-state index contributed by atoms with van der Waals surface area (Å²) in [7, 11) is 3.49. The van der Waals surface area contributed by atoms with E-state index in [-0.39, 0.29) is 6.04 Å². The van der Waals surface area contributed by atoms with E-state index in [9.17, 15) is 0 Å². The van der Waals surface area contributed by atoms with E-state index >= 15 is 0 Å². The lowest BCUT2D eigenvalue weighted by Crippen LogP contribution is -2.10. The van der Waals surface area contributed by atoms with Crippen LogP contribution in [0.1, 0.15) is 24.9 Å². The zero-order valence-electron chi connectivity index (χ0n) is 16.1. The molecule has 0 unspecified atom stereocenters. The molecule has 1 aromatic carbocycles. The normalized spacial score (nSPS) is 12.1. The minimum Gasteiger partial charge on any atom is -0.467 e. The monoisotopic (exact) mass is 374 g/mol. The van der Waals surface area contributed by atoms with Gasteiger partial charge in [-0.15, -0.1) is 0 Å². The molecule has 7 nitrogen and oxygen atoms in total. The molecule has 1 atom stereocenters. The van der Waals surface area contributed by atoms with Gasteiger partial charge < -0.3 is 9.30 Å². The number of hydrogen-bond donors (Lipinski definition) is 0. The fraction of sp³-hybridized carbons (Fsp3) is 0.238. The van der Waals surface area contributed by atoms with E-state index < -0.39 is 0 Å². The first-order valence-electron chi connectivity index (χ1n) is 9.18. The lowest BCUT2D eigenvalue weighted by molar-refractivity contribution is 0.380. The van der Waals surface area contributed by atoms with Gasteiger partial charge >= 0.3 is 6.01 Å². The first kappa shape index (κ1) is 17.9. The van der Waals surface area contributed by atoms with Crippen LogP contribution in [0.25, 0.3) is 22.5 Å². The fourth-order valence-electron chi connectivity index (χ4n) is 3.44. The molecule has 4 rings (SSSR count). The van der Waals surface area contributed by atoms with Crippen molar-refractivity contribution in [3.8, 4) is 28.5 Å². The SMILES string of the molecule is CC[C@H](c1cnn(C)c1)n1cnc(-c2ccccc2)c1-c1cnc(OC)nc1. The lowest BCUT2D eigenvalue weighted by atomic mass is 10.0. The van der Waals surface area contributed by atoms with Crippen molar-refractivity contribution in [3.63, 3.8) is 0 Å². The lowest BCUT2D eigenvalue weighted by Gasteiger charge is -2.19. The Balaban J connectivity index is 1.89. The molecule has 0 aliphatic rings. The molecule has 0 bridgehead atoms. The Morgan fingerprint density at radius 1 is 1.00 bits per heavy atom. The van der Waals surface area contributed by atoms with Gasteiger partial charge in [0, 0.05) is 42.3 Å². The number of imidazole rings is 1. The summed E-state index contributed by atoms with van der Waals surface area (Å²) >= 11 is 0. The number of methoxy groups -OCH3 is 1. The molecule has 142 valence electrons. The highest BCUT2D eigenvalue weighted by Gasteiger charge is 2.22. The maximum atomic E-state index is 5.12. The van der Waals surface area contributed by atoms with Crippen LogP contribution in [0.4, 0.5) is 0 Å². The molecule has 0 radical (unpaired) electrons. The molecule has 0 aliphatic heterocycles. The Kier molecular flexibility index (Phi) is 4.89. The number of aromatic nitrogens is 6. The second kappa shape index (κ2) is 7.64. The van der Waals surface area contributed by atoms with E-state index in [0.717, 1.165) is 34.5 Å². The van der Waals surface area contributed by atoms with Crippen molar-refractivity contribution in [1.29, 1.82) is 0 Å². The van der Waals surface area contributed by atoms with Crippen molar-refractivity contribution >= 4 is 0 Å². The summed E-state index contributed by atoms with van der Waals surface area (Å²) in [4.78, 5) is 13.4. The van der Waals surface area contributed by atoms with Gasteiger partial charge in [-0.3, -0.25) is 4.68 Å². The summed E-state index contributed by atoms with van der Waals surface area (Å²) in [6.45, 7) is 2.16. The average molecular weight is 374 g/mol. The molecule has 28 heavy (non-hydrogen) atoms. The van der Waals surface area contributed by atoms with Gasteiger partial charge in [0.25, 0.3) is 0 Å². The summed E-state index contributed by atoms with van der Waals surface area (Å²) in [5, 5.41) is 4.34. The topological polar surface area (TPSA) is 70.7 Å². The van der Waals surface area contributed by atoms with Crippen LogP contribution in [0.5, 0.6) is 6.01 Å². The van der Waals surface area contributed by atoms with E-state index in [4.69, 9.17) is 9.72 Å². The van der Waals surface area contributed by atoms with Gasteiger partial charge in [0.15, 0.2) is 0 Å². The number of ether oxygens (including phenoxy) is 1. The van der Waals surface area contributed by atoms with Crippen LogP contribution in [0, 0.1) is 0 Å². The highest BCUT2D eigenvalue weighted by molar-refractivity contribution is 5.78. The Labute approximate surface area is 163 Å². The molecule has 4 aromatic rings. The van der Waals surface area contributed by atoms with E-state index in [2.05, 4.69) is 38.7 Å². The first-order valence-corrected chi connectivity index (χ1v) is 9.18. The second-order valence-corrected chi connectivity index (χ2v) is 6.54. The molecule has 0 fully saturated rings. The minimum atomic E-state index is 0.107. The third kappa shape index (κ3) is 3.26. The molecule has 7 heteroatoms. The zero-order valence-corrected chi connectivity index (χ0v) is 16.1. The van der Waals surface area contributed by atoms with Gasteiger partial charge in [-0.05, 0) is 6.42 Å². The van der Waals surface area contributed by atoms with Crippen molar-refractivity contribution in [2.75, 3.05) is 7.11 Å². The number of nitrogens with zero attached hydrogens (tertiary/aromatic N) is 6. The standard InChI is InChI=1S/C21H22N6O/c1-4-18(17-12-25-26(2)13-17)27-14-24-19(15-8-6-5-7-9-15)20(27)16-10-22-21(28-3)23-11-16/h5-14,18H,4H2,1-3H3/t18-/m1/s1. The maximum absolute atomic E-state index is 5.12. The number of hydrogen-bond acceptors (Lipinski definition) is 5. The predicted molar refractivity (Wildman–Crippen MR) is 107 cm³/mol. The fourth-order valence-corrected chi connectivity index (χ4v) is 3.44. The van der Waals surface area contributed by atoms with Crippen LogP contribution in [-0.4, -0.2) is 36.4 Å². The molecular weight excluding hydrogens is 352 g/mol. The highest BCUT2D eigenvalue weighted by Crippen LogP contribution is 2.35. The molecule has 3 heterocycles. The number of benzene rings is 1. The summed E-state index contributed by atoms with van der Waals surface area (Å²) in [5.41, 5.74) is 4.95. The molecule has 0 saturated heterocycles.